The minimum absolute atomic E-state index is 0.00553. The van der Waals surface area contributed by atoms with Crippen molar-refractivity contribution >= 4 is 52.6 Å². The van der Waals surface area contributed by atoms with E-state index < -0.39 is 11.9 Å². The van der Waals surface area contributed by atoms with Crippen LogP contribution >= 0.6 is 34.5 Å². The molecule has 0 aliphatic carbocycles. The van der Waals surface area contributed by atoms with Crippen LogP contribution in [-0.2, 0) is 6.54 Å². The Morgan fingerprint density at radius 3 is 2.66 bits per heavy atom. The highest BCUT2D eigenvalue weighted by Crippen LogP contribution is 2.19. The van der Waals surface area contributed by atoms with Crippen LogP contribution in [0.15, 0.2) is 58.4 Å². The molecule has 10 heteroatoms. The van der Waals surface area contributed by atoms with Gasteiger partial charge in [0.1, 0.15) is 5.15 Å². The molecule has 1 N–H and O–H groups in total. The lowest BCUT2D eigenvalue weighted by Gasteiger charge is -2.07. The average Bonchev–Trinajstić information content (AvgIpc) is 2.96. The number of carboxylic acids is 1. The monoisotopic (exact) mass is 448 g/mol. The average molecular weight is 449 g/mol. The fraction of sp³-hybridized carbons (Fsp3) is 0.0526. The van der Waals surface area contributed by atoms with Gasteiger partial charge in [-0.2, -0.15) is 5.10 Å². The number of carboxylic acid groups (broad SMARTS) is 1. The molecule has 0 spiro atoms. The lowest BCUT2D eigenvalue weighted by molar-refractivity contribution is -0.255. The van der Waals surface area contributed by atoms with E-state index in [0.717, 1.165) is 11.3 Å². The summed E-state index contributed by atoms with van der Waals surface area (Å²) in [5.41, 5.74) is 3.16. The van der Waals surface area contributed by atoms with Crippen molar-refractivity contribution in [3.8, 4) is 0 Å². The normalized spacial score (nSPS) is 11.0. The number of hydrazone groups is 1. The third-order valence-electron chi connectivity index (χ3n) is 3.83. The molecule has 0 fully saturated rings. The molecule has 1 heterocycles. The van der Waals surface area contributed by atoms with E-state index in [9.17, 15) is 19.5 Å². The Morgan fingerprint density at radius 1 is 1.17 bits per heavy atom. The molecule has 1 aromatic heterocycles. The summed E-state index contributed by atoms with van der Waals surface area (Å²) in [4.78, 5) is 35.3. The van der Waals surface area contributed by atoms with E-state index in [-0.39, 0.29) is 32.7 Å². The van der Waals surface area contributed by atoms with Gasteiger partial charge in [0.2, 0.25) is 0 Å². The molecule has 0 unspecified atom stereocenters. The van der Waals surface area contributed by atoms with Gasteiger partial charge >= 0.3 is 4.87 Å². The van der Waals surface area contributed by atoms with Crippen LogP contribution in [0.4, 0.5) is 0 Å². The lowest BCUT2D eigenvalue weighted by Crippen LogP contribution is -2.22. The van der Waals surface area contributed by atoms with Crippen molar-refractivity contribution in [3.63, 3.8) is 0 Å². The molecule has 29 heavy (non-hydrogen) atoms. The number of rotatable bonds is 6. The number of carbonyl (C=O) groups excluding carboxylic acids is 2. The lowest BCUT2D eigenvalue weighted by atomic mass is 10.1. The van der Waals surface area contributed by atoms with Gasteiger partial charge in [0.15, 0.2) is 0 Å². The minimum atomic E-state index is -1.31. The Labute approximate surface area is 178 Å². The number of nitrogens with zero attached hydrogens (tertiary/aromatic N) is 2. The molecule has 2 aromatic carbocycles. The zero-order chi connectivity index (χ0) is 21.0. The number of amides is 1. The van der Waals surface area contributed by atoms with Gasteiger partial charge in [-0.25, -0.2) is 5.43 Å². The molecule has 3 aromatic rings. The van der Waals surface area contributed by atoms with Crippen molar-refractivity contribution in [1.29, 1.82) is 0 Å². The van der Waals surface area contributed by atoms with E-state index in [4.69, 9.17) is 23.2 Å². The standard InChI is InChI=1S/C19H13Cl2N3O4S/c20-14-7-2-1-6-13(14)17(25)23-22-9-15-16(21)24(19(28)29-15)10-11-4-3-5-12(8-11)18(26)27/h1-9H,10H2,(H,23,25)(H,26,27)/p-1/b22-9-. The van der Waals surface area contributed by atoms with Gasteiger partial charge < -0.3 is 9.90 Å². The number of hydrogen-bond donors (Lipinski definition) is 1. The first kappa shape index (κ1) is 20.8. The second-order valence-electron chi connectivity index (χ2n) is 5.78. The van der Waals surface area contributed by atoms with Gasteiger partial charge in [-0.1, -0.05) is 64.9 Å². The Bertz CT molecular complexity index is 1170. The molecule has 3 rings (SSSR count). The molecule has 0 radical (unpaired) electrons. The Kier molecular flexibility index (Phi) is 6.48. The van der Waals surface area contributed by atoms with Gasteiger partial charge in [-0.3, -0.25) is 14.2 Å². The first-order chi connectivity index (χ1) is 13.9. The van der Waals surface area contributed by atoms with Crippen LogP contribution in [0.25, 0.3) is 0 Å². The molecular weight excluding hydrogens is 437 g/mol. The maximum absolute atomic E-state index is 12.2. The first-order valence-corrected chi connectivity index (χ1v) is 9.71. The summed E-state index contributed by atoms with van der Waals surface area (Å²) in [7, 11) is 0. The van der Waals surface area contributed by atoms with Crippen molar-refractivity contribution < 1.29 is 14.7 Å². The van der Waals surface area contributed by atoms with Gasteiger partial charge in [0, 0.05) is 0 Å². The number of carbonyl (C=O) groups is 2. The summed E-state index contributed by atoms with van der Waals surface area (Å²) in [5.74, 6) is -1.81. The van der Waals surface area contributed by atoms with Gasteiger partial charge in [-0.05, 0) is 29.3 Å². The molecular formula is C19H12Cl2N3O4S-. The third kappa shape index (κ3) is 4.92. The largest absolute Gasteiger partial charge is 0.545 e. The highest BCUT2D eigenvalue weighted by molar-refractivity contribution is 7.11. The van der Waals surface area contributed by atoms with Crippen LogP contribution in [0.2, 0.25) is 10.2 Å². The molecule has 1 amide bonds. The van der Waals surface area contributed by atoms with E-state index in [1.165, 1.54) is 22.9 Å². The predicted octanol–water partition coefficient (Wildman–Crippen LogP) is 2.39. The maximum Gasteiger partial charge on any atom is 0.309 e. The number of aromatic nitrogens is 1. The van der Waals surface area contributed by atoms with E-state index >= 15 is 0 Å². The van der Waals surface area contributed by atoms with E-state index in [0.29, 0.717) is 10.4 Å². The number of thiazole rings is 1. The van der Waals surface area contributed by atoms with Crippen molar-refractivity contribution in [2.24, 2.45) is 5.10 Å². The zero-order valence-corrected chi connectivity index (χ0v) is 16.9. The number of aromatic carboxylic acids is 1. The Balaban J connectivity index is 1.76. The molecule has 0 bridgehead atoms. The summed E-state index contributed by atoms with van der Waals surface area (Å²) >= 11 is 13.1. The van der Waals surface area contributed by atoms with Crippen LogP contribution in [0.3, 0.4) is 0 Å². The second-order valence-corrected chi connectivity index (χ2v) is 7.53. The molecule has 0 saturated carbocycles. The summed E-state index contributed by atoms with van der Waals surface area (Å²) in [6.45, 7) is 0.0785. The highest BCUT2D eigenvalue weighted by atomic mass is 35.5. The highest BCUT2D eigenvalue weighted by Gasteiger charge is 2.13. The van der Waals surface area contributed by atoms with Gasteiger partial charge in [-0.15, -0.1) is 0 Å². The smallest absolute Gasteiger partial charge is 0.309 e. The fourth-order valence-electron chi connectivity index (χ4n) is 2.45. The van der Waals surface area contributed by atoms with Crippen LogP contribution in [0.1, 0.15) is 31.2 Å². The second kappa shape index (κ2) is 9.04. The van der Waals surface area contributed by atoms with Crippen LogP contribution in [0, 0.1) is 0 Å². The number of halogens is 2. The first-order valence-electron chi connectivity index (χ1n) is 8.14. The molecule has 0 saturated heterocycles. The van der Waals surface area contributed by atoms with Gasteiger partial charge in [0.05, 0.1) is 34.2 Å². The SMILES string of the molecule is O=C([O-])c1cccc(Cn2c(Cl)c(/C=N\NC(=O)c3ccccc3Cl)sc2=O)c1. The van der Waals surface area contributed by atoms with Crippen molar-refractivity contribution in [2.45, 2.75) is 6.54 Å². The van der Waals surface area contributed by atoms with Crippen molar-refractivity contribution in [2.75, 3.05) is 0 Å². The topological polar surface area (TPSA) is 104 Å². The van der Waals surface area contributed by atoms with Crippen molar-refractivity contribution in [1.82, 2.24) is 9.99 Å². The zero-order valence-electron chi connectivity index (χ0n) is 14.6. The Morgan fingerprint density at radius 2 is 1.93 bits per heavy atom. The van der Waals surface area contributed by atoms with E-state index in [1.54, 1.807) is 36.4 Å². The number of hydrogen-bond acceptors (Lipinski definition) is 6. The maximum atomic E-state index is 12.2. The van der Waals surface area contributed by atoms with E-state index in [2.05, 4.69) is 10.5 Å². The van der Waals surface area contributed by atoms with Gasteiger partial charge in [0.25, 0.3) is 5.91 Å². The fourth-order valence-corrected chi connectivity index (χ4v) is 3.78. The molecule has 0 aliphatic heterocycles. The van der Waals surface area contributed by atoms with Crippen LogP contribution in [-0.4, -0.2) is 22.7 Å². The van der Waals surface area contributed by atoms with E-state index in [1.807, 2.05) is 0 Å². The Hall–Kier alpha value is -2.94. The predicted molar refractivity (Wildman–Crippen MR) is 110 cm³/mol. The summed E-state index contributed by atoms with van der Waals surface area (Å²) in [6.07, 6.45) is 1.26. The molecule has 148 valence electrons. The summed E-state index contributed by atoms with van der Waals surface area (Å²) in [5, 5.41) is 15.2. The summed E-state index contributed by atoms with van der Waals surface area (Å²) < 4.78 is 1.28. The minimum Gasteiger partial charge on any atom is -0.545 e. The van der Waals surface area contributed by atoms with Crippen LogP contribution < -0.4 is 15.4 Å². The van der Waals surface area contributed by atoms with Crippen molar-refractivity contribution in [3.05, 3.63) is 89.9 Å². The van der Waals surface area contributed by atoms with Crippen LogP contribution in [0.5, 0.6) is 0 Å². The number of nitrogens with one attached hydrogen (secondary N) is 1. The molecule has 0 atom stereocenters. The third-order valence-corrected chi connectivity index (χ3v) is 5.59. The molecule has 0 aliphatic rings. The molecule has 7 nitrogen and oxygen atoms in total. The quantitative estimate of drug-likeness (QED) is 0.461. The number of benzene rings is 2. The summed E-state index contributed by atoms with van der Waals surface area (Å²) in [6, 6.07) is 12.5.